The van der Waals surface area contributed by atoms with Crippen LogP contribution < -0.4 is 5.32 Å². The Hall–Kier alpha value is -1.86. The van der Waals surface area contributed by atoms with Crippen molar-refractivity contribution in [3.63, 3.8) is 0 Å². The largest absolute Gasteiger partial charge is 0.466 e. The van der Waals surface area contributed by atoms with E-state index in [4.69, 9.17) is 4.74 Å². The van der Waals surface area contributed by atoms with Gasteiger partial charge in [0.1, 0.15) is 0 Å². The number of ether oxygens (including phenoxy) is 1. The average molecular weight is 395 g/mol. The zero-order valence-electron chi connectivity index (χ0n) is 17.5. The average Bonchev–Trinajstić information content (AvgIpc) is 2.69. The van der Waals surface area contributed by atoms with Gasteiger partial charge in [0.2, 0.25) is 0 Å². The normalized spacial score (nSPS) is 14.7. The molecule has 7 heteroatoms. The zero-order chi connectivity index (χ0) is 20.6. The van der Waals surface area contributed by atoms with Crippen LogP contribution in [0.1, 0.15) is 32.6 Å². The second-order valence-electron chi connectivity index (χ2n) is 7.01. The highest BCUT2D eigenvalue weighted by Crippen LogP contribution is 2.04. The summed E-state index contributed by atoms with van der Waals surface area (Å²) < 4.78 is 4.90. The van der Waals surface area contributed by atoms with Gasteiger partial charge in [0.15, 0.2) is 0 Å². The van der Waals surface area contributed by atoms with Crippen LogP contribution in [-0.4, -0.2) is 92.2 Å². The van der Waals surface area contributed by atoms with Crippen molar-refractivity contribution in [1.29, 1.82) is 0 Å². The van der Waals surface area contributed by atoms with Crippen LogP contribution in [-0.2, 0) is 9.53 Å². The lowest BCUT2D eigenvalue weighted by Crippen LogP contribution is -2.53. The first-order chi connectivity index (χ1) is 13.6. The van der Waals surface area contributed by atoms with Gasteiger partial charge in [0.05, 0.1) is 6.61 Å². The first kappa shape index (κ1) is 24.2. The monoisotopic (exact) mass is 394 g/mol. The van der Waals surface area contributed by atoms with E-state index in [0.29, 0.717) is 19.6 Å². The summed E-state index contributed by atoms with van der Waals surface area (Å²) in [5.74, 6) is -0.137. The Labute approximate surface area is 170 Å². The first-order valence-electron chi connectivity index (χ1n) is 10.5. The summed E-state index contributed by atoms with van der Waals surface area (Å²) >= 11 is 0. The van der Waals surface area contributed by atoms with Crippen LogP contribution in [0.15, 0.2) is 25.3 Å². The first-order valence-corrected chi connectivity index (χ1v) is 10.5. The summed E-state index contributed by atoms with van der Waals surface area (Å²) in [5.41, 5.74) is 0. The second-order valence-corrected chi connectivity index (χ2v) is 7.01. The van der Waals surface area contributed by atoms with Gasteiger partial charge in [-0.05, 0) is 19.8 Å². The Bertz CT molecular complexity index is 466. The number of nitrogens with one attached hydrogen (secondary N) is 1. The van der Waals surface area contributed by atoms with E-state index >= 15 is 0 Å². The Morgan fingerprint density at radius 1 is 1.07 bits per heavy atom. The zero-order valence-corrected chi connectivity index (χ0v) is 17.5. The number of esters is 1. The van der Waals surface area contributed by atoms with Crippen molar-refractivity contribution in [3.05, 3.63) is 25.3 Å². The number of nitrogens with zero attached hydrogens (tertiary/aromatic N) is 3. The molecule has 1 rings (SSSR count). The fourth-order valence-corrected chi connectivity index (χ4v) is 3.19. The number of amides is 2. The van der Waals surface area contributed by atoms with E-state index in [0.717, 1.165) is 71.6 Å². The summed E-state index contributed by atoms with van der Waals surface area (Å²) in [5, 5.41) is 2.99. The van der Waals surface area contributed by atoms with Crippen molar-refractivity contribution in [2.24, 2.45) is 0 Å². The third-order valence-electron chi connectivity index (χ3n) is 4.81. The molecule has 0 bridgehead atoms. The number of carbonyl (C=O) groups is 2. The lowest BCUT2D eigenvalue weighted by atomic mass is 10.2. The second kappa shape index (κ2) is 15.1. The van der Waals surface area contributed by atoms with Gasteiger partial charge in [-0.1, -0.05) is 18.6 Å². The van der Waals surface area contributed by atoms with Crippen LogP contribution in [0.25, 0.3) is 0 Å². The number of rotatable bonds is 14. The van der Waals surface area contributed by atoms with E-state index in [-0.39, 0.29) is 12.0 Å². The molecule has 1 heterocycles. The Morgan fingerprint density at radius 2 is 1.75 bits per heavy atom. The number of hydrogen-bond acceptors (Lipinski definition) is 5. The third kappa shape index (κ3) is 10.5. The number of piperazine rings is 1. The minimum atomic E-state index is -0.137. The number of hydrogen-bond donors (Lipinski definition) is 1. The lowest BCUT2D eigenvalue weighted by molar-refractivity contribution is -0.143. The molecule has 1 fully saturated rings. The van der Waals surface area contributed by atoms with E-state index in [1.807, 2.05) is 24.0 Å². The van der Waals surface area contributed by atoms with Gasteiger partial charge in [-0.2, -0.15) is 0 Å². The summed E-state index contributed by atoms with van der Waals surface area (Å²) in [6, 6.07) is 0.0185. The van der Waals surface area contributed by atoms with Gasteiger partial charge in [-0.15, -0.1) is 13.2 Å². The molecule has 7 nitrogen and oxygen atoms in total. The predicted octanol–water partition coefficient (Wildman–Crippen LogP) is 2.11. The van der Waals surface area contributed by atoms with Crippen LogP contribution in [0.4, 0.5) is 4.79 Å². The van der Waals surface area contributed by atoms with Crippen LogP contribution in [0, 0.1) is 0 Å². The van der Waals surface area contributed by atoms with E-state index in [1.54, 1.807) is 0 Å². The molecular weight excluding hydrogens is 356 g/mol. The van der Waals surface area contributed by atoms with E-state index in [2.05, 4.69) is 28.3 Å². The van der Waals surface area contributed by atoms with Gasteiger partial charge in [-0.3, -0.25) is 14.6 Å². The molecule has 1 N–H and O–H groups in total. The molecule has 1 aliphatic heterocycles. The van der Waals surface area contributed by atoms with Gasteiger partial charge in [0, 0.05) is 65.3 Å². The lowest BCUT2D eigenvalue weighted by Gasteiger charge is -2.35. The van der Waals surface area contributed by atoms with Crippen molar-refractivity contribution in [2.75, 3.05) is 65.5 Å². The number of urea groups is 1. The van der Waals surface area contributed by atoms with Crippen LogP contribution in [0.3, 0.4) is 0 Å². The highest BCUT2D eigenvalue weighted by atomic mass is 16.5. The quantitative estimate of drug-likeness (QED) is 0.278. The molecule has 0 spiro atoms. The summed E-state index contributed by atoms with van der Waals surface area (Å²) in [7, 11) is 0. The molecule has 1 aliphatic rings. The maximum absolute atomic E-state index is 12.3. The number of unbranched alkanes of at least 4 members (excludes halogenated alkanes) is 2. The molecule has 1 saturated heterocycles. The maximum Gasteiger partial charge on any atom is 0.317 e. The van der Waals surface area contributed by atoms with E-state index in [1.165, 1.54) is 0 Å². The third-order valence-corrected chi connectivity index (χ3v) is 4.81. The molecule has 2 amide bonds. The molecule has 0 aromatic carbocycles. The Morgan fingerprint density at radius 3 is 2.36 bits per heavy atom. The van der Waals surface area contributed by atoms with Gasteiger partial charge in [0.25, 0.3) is 0 Å². The minimum Gasteiger partial charge on any atom is -0.466 e. The molecular formula is C21H38N4O3. The van der Waals surface area contributed by atoms with Gasteiger partial charge < -0.3 is 15.0 Å². The molecule has 0 unspecified atom stereocenters. The van der Waals surface area contributed by atoms with Crippen molar-refractivity contribution in [1.82, 2.24) is 20.0 Å². The van der Waals surface area contributed by atoms with E-state index < -0.39 is 0 Å². The Balaban J connectivity index is 2.11. The van der Waals surface area contributed by atoms with Crippen molar-refractivity contribution >= 4 is 12.0 Å². The Kier molecular flexibility index (Phi) is 13.0. The van der Waals surface area contributed by atoms with Crippen molar-refractivity contribution < 1.29 is 14.3 Å². The molecule has 0 aromatic heterocycles. The molecule has 28 heavy (non-hydrogen) atoms. The van der Waals surface area contributed by atoms with Crippen LogP contribution in [0.5, 0.6) is 0 Å². The highest BCUT2D eigenvalue weighted by Gasteiger charge is 2.20. The fourth-order valence-electron chi connectivity index (χ4n) is 3.19. The molecule has 0 atom stereocenters. The standard InChI is InChI=1S/C21H38N4O3/c1-4-12-23(13-5-2)14-15-24-16-18-25(19-17-24)21(27)22-11-9-7-8-10-20(26)28-6-3/h4-5H,1-2,6-19H2,3H3,(H,22,27). The highest BCUT2D eigenvalue weighted by molar-refractivity contribution is 5.74. The van der Waals surface area contributed by atoms with Gasteiger partial charge in [-0.25, -0.2) is 4.79 Å². The fraction of sp³-hybridized carbons (Fsp3) is 0.714. The predicted molar refractivity (Wildman–Crippen MR) is 113 cm³/mol. The van der Waals surface area contributed by atoms with Crippen molar-refractivity contribution in [3.8, 4) is 0 Å². The van der Waals surface area contributed by atoms with Crippen LogP contribution >= 0.6 is 0 Å². The molecule has 0 radical (unpaired) electrons. The van der Waals surface area contributed by atoms with Crippen molar-refractivity contribution in [2.45, 2.75) is 32.6 Å². The summed E-state index contributed by atoms with van der Waals surface area (Å²) in [6.45, 7) is 17.6. The number of carbonyl (C=O) groups excluding carboxylic acids is 2. The maximum atomic E-state index is 12.3. The SMILES string of the molecule is C=CCN(CC=C)CCN1CCN(C(=O)NCCCCCC(=O)OCC)CC1. The smallest absolute Gasteiger partial charge is 0.317 e. The molecule has 0 aliphatic carbocycles. The summed E-state index contributed by atoms with van der Waals surface area (Å²) in [4.78, 5) is 30.1. The topological polar surface area (TPSA) is 65.1 Å². The van der Waals surface area contributed by atoms with E-state index in [9.17, 15) is 9.59 Å². The summed E-state index contributed by atoms with van der Waals surface area (Å²) in [6.07, 6.45) is 6.90. The minimum absolute atomic E-state index is 0.0185. The van der Waals surface area contributed by atoms with Gasteiger partial charge >= 0.3 is 12.0 Å². The molecule has 0 aromatic rings. The molecule has 0 saturated carbocycles. The van der Waals surface area contributed by atoms with Crippen LogP contribution in [0.2, 0.25) is 0 Å². The molecule has 160 valence electrons.